The summed E-state index contributed by atoms with van der Waals surface area (Å²) in [7, 11) is -1.53. The van der Waals surface area contributed by atoms with Gasteiger partial charge in [-0.2, -0.15) is 0 Å². The summed E-state index contributed by atoms with van der Waals surface area (Å²) in [5.74, 6) is -0.239. The Morgan fingerprint density at radius 3 is 2.29 bits per heavy atom. The Kier molecular flexibility index (Phi) is 8.64. The molecule has 0 atom stereocenters. The molecule has 0 saturated carbocycles. The Morgan fingerprint density at radius 2 is 1.71 bits per heavy atom. The molecular formula is C13H21BN2O5. The van der Waals surface area contributed by atoms with Crippen molar-refractivity contribution in [3.05, 3.63) is 29.8 Å². The second-order valence-corrected chi connectivity index (χ2v) is 4.26. The van der Waals surface area contributed by atoms with Crippen LogP contribution in [-0.2, 0) is 9.47 Å². The van der Waals surface area contributed by atoms with Gasteiger partial charge in [-0.15, -0.1) is 0 Å². The topological polar surface area (TPSA) is 114 Å². The Balaban J connectivity index is 2.16. The number of carbonyl (C=O) groups excluding carboxylic acids is 1. The highest BCUT2D eigenvalue weighted by Crippen LogP contribution is 1.97. The average Bonchev–Trinajstić information content (AvgIpc) is 2.49. The molecule has 0 aliphatic rings. The highest BCUT2D eigenvalue weighted by atomic mass is 16.5. The van der Waals surface area contributed by atoms with E-state index in [1.54, 1.807) is 0 Å². The molecule has 1 aromatic carbocycles. The Morgan fingerprint density at radius 1 is 1.10 bits per heavy atom. The second-order valence-electron chi connectivity index (χ2n) is 4.26. The molecule has 8 heteroatoms. The van der Waals surface area contributed by atoms with Crippen LogP contribution in [-0.4, -0.2) is 62.6 Å². The summed E-state index contributed by atoms with van der Waals surface area (Å²) in [6.45, 7) is 2.72. The smallest absolute Gasteiger partial charge is 0.423 e. The SMILES string of the molecule is NCCOCCOCCNC(=O)c1ccc(B(O)O)cc1. The normalized spacial score (nSPS) is 10.4. The first kappa shape index (κ1) is 17.6. The third-order valence-corrected chi connectivity index (χ3v) is 2.64. The zero-order chi connectivity index (χ0) is 15.5. The molecule has 1 rings (SSSR count). The van der Waals surface area contributed by atoms with Crippen LogP contribution in [0.1, 0.15) is 10.4 Å². The van der Waals surface area contributed by atoms with Crippen LogP contribution in [0, 0.1) is 0 Å². The lowest BCUT2D eigenvalue weighted by Gasteiger charge is -2.07. The van der Waals surface area contributed by atoms with Crippen molar-refractivity contribution in [3.8, 4) is 0 Å². The van der Waals surface area contributed by atoms with Gasteiger partial charge in [0.2, 0.25) is 0 Å². The van der Waals surface area contributed by atoms with E-state index in [4.69, 9.17) is 25.3 Å². The minimum atomic E-state index is -1.53. The average molecular weight is 296 g/mol. The fourth-order valence-corrected chi connectivity index (χ4v) is 1.55. The lowest BCUT2D eigenvalue weighted by Crippen LogP contribution is -2.31. The molecule has 0 unspecified atom stereocenters. The van der Waals surface area contributed by atoms with E-state index in [-0.39, 0.29) is 5.91 Å². The van der Waals surface area contributed by atoms with Crippen LogP contribution in [0.4, 0.5) is 0 Å². The van der Waals surface area contributed by atoms with Gasteiger partial charge in [0.15, 0.2) is 0 Å². The molecule has 0 heterocycles. The first-order chi connectivity index (χ1) is 10.1. The van der Waals surface area contributed by atoms with Crippen molar-refractivity contribution in [3.63, 3.8) is 0 Å². The maximum atomic E-state index is 11.8. The van der Waals surface area contributed by atoms with E-state index < -0.39 is 7.12 Å². The molecule has 0 aliphatic carbocycles. The monoisotopic (exact) mass is 296 g/mol. The number of ether oxygens (including phenoxy) is 2. The van der Waals surface area contributed by atoms with Gasteiger partial charge >= 0.3 is 7.12 Å². The maximum Gasteiger partial charge on any atom is 0.488 e. The number of amides is 1. The van der Waals surface area contributed by atoms with Gasteiger partial charge in [-0.3, -0.25) is 4.79 Å². The van der Waals surface area contributed by atoms with E-state index in [2.05, 4.69) is 5.32 Å². The van der Waals surface area contributed by atoms with Crippen molar-refractivity contribution < 1.29 is 24.3 Å². The highest BCUT2D eigenvalue weighted by Gasteiger charge is 2.11. The molecule has 0 fully saturated rings. The van der Waals surface area contributed by atoms with Crippen molar-refractivity contribution in [1.82, 2.24) is 5.32 Å². The van der Waals surface area contributed by atoms with Crippen molar-refractivity contribution in [2.24, 2.45) is 5.73 Å². The largest absolute Gasteiger partial charge is 0.488 e. The number of hydrogen-bond acceptors (Lipinski definition) is 6. The van der Waals surface area contributed by atoms with Gasteiger partial charge in [-0.05, 0) is 17.6 Å². The predicted octanol–water partition coefficient (Wildman–Crippen LogP) is -1.91. The molecule has 1 amide bonds. The van der Waals surface area contributed by atoms with E-state index in [9.17, 15) is 4.79 Å². The molecule has 116 valence electrons. The van der Waals surface area contributed by atoms with Crippen LogP contribution in [0.2, 0.25) is 0 Å². The van der Waals surface area contributed by atoms with Crippen LogP contribution in [0.25, 0.3) is 0 Å². The number of nitrogens with one attached hydrogen (secondary N) is 1. The third kappa shape index (κ3) is 7.21. The highest BCUT2D eigenvalue weighted by molar-refractivity contribution is 6.58. The quantitative estimate of drug-likeness (QED) is 0.296. The Labute approximate surface area is 124 Å². The van der Waals surface area contributed by atoms with Crippen molar-refractivity contribution in [1.29, 1.82) is 0 Å². The number of nitrogens with two attached hydrogens (primary N) is 1. The fraction of sp³-hybridized carbons (Fsp3) is 0.462. The summed E-state index contributed by atoms with van der Waals surface area (Å²) in [6, 6.07) is 6.05. The molecule has 21 heavy (non-hydrogen) atoms. The van der Waals surface area contributed by atoms with Crippen LogP contribution in [0.15, 0.2) is 24.3 Å². The minimum absolute atomic E-state index is 0.239. The van der Waals surface area contributed by atoms with Gasteiger partial charge < -0.3 is 30.6 Å². The molecule has 5 N–H and O–H groups in total. The summed E-state index contributed by atoms with van der Waals surface area (Å²) in [5.41, 5.74) is 6.05. The van der Waals surface area contributed by atoms with E-state index in [0.29, 0.717) is 50.5 Å². The summed E-state index contributed by atoms with van der Waals surface area (Å²) >= 11 is 0. The van der Waals surface area contributed by atoms with Crippen LogP contribution in [0.3, 0.4) is 0 Å². The molecule has 0 radical (unpaired) electrons. The van der Waals surface area contributed by atoms with Crippen LogP contribution < -0.4 is 16.5 Å². The number of carbonyl (C=O) groups is 1. The standard InChI is InChI=1S/C13H21BN2O5/c15-5-7-20-9-10-21-8-6-16-13(17)11-1-3-12(4-2-11)14(18)19/h1-4,18-19H,5-10,15H2,(H,16,17). The van der Waals surface area contributed by atoms with E-state index >= 15 is 0 Å². The maximum absolute atomic E-state index is 11.8. The molecule has 0 spiro atoms. The second kappa shape index (κ2) is 10.3. The summed E-state index contributed by atoms with van der Waals surface area (Å²) in [4.78, 5) is 11.8. The first-order valence-electron chi connectivity index (χ1n) is 6.75. The molecule has 1 aromatic rings. The molecule has 0 aromatic heterocycles. The predicted molar refractivity (Wildman–Crippen MR) is 79.3 cm³/mol. The Bertz CT molecular complexity index is 414. The fourth-order valence-electron chi connectivity index (χ4n) is 1.55. The van der Waals surface area contributed by atoms with Crippen molar-refractivity contribution in [2.75, 3.05) is 39.5 Å². The van der Waals surface area contributed by atoms with E-state index in [1.807, 2.05) is 0 Å². The van der Waals surface area contributed by atoms with Gasteiger partial charge in [0.25, 0.3) is 5.91 Å². The van der Waals surface area contributed by atoms with Crippen molar-refractivity contribution in [2.45, 2.75) is 0 Å². The molecule has 7 nitrogen and oxygen atoms in total. The molecular weight excluding hydrogens is 275 g/mol. The van der Waals surface area contributed by atoms with E-state index in [0.717, 1.165) is 0 Å². The van der Waals surface area contributed by atoms with Crippen molar-refractivity contribution >= 4 is 18.5 Å². The summed E-state index contributed by atoms with van der Waals surface area (Å²) < 4.78 is 10.4. The number of benzene rings is 1. The lowest BCUT2D eigenvalue weighted by atomic mass is 9.80. The van der Waals surface area contributed by atoms with Crippen LogP contribution >= 0.6 is 0 Å². The molecule has 0 bridgehead atoms. The lowest BCUT2D eigenvalue weighted by molar-refractivity contribution is 0.0511. The molecule has 0 aliphatic heterocycles. The van der Waals surface area contributed by atoms with Crippen LogP contribution in [0.5, 0.6) is 0 Å². The Hall–Kier alpha value is -1.45. The molecule has 0 saturated heterocycles. The third-order valence-electron chi connectivity index (χ3n) is 2.64. The number of rotatable bonds is 10. The van der Waals surface area contributed by atoms with Gasteiger partial charge in [-0.1, -0.05) is 12.1 Å². The van der Waals surface area contributed by atoms with Gasteiger partial charge in [0.05, 0.1) is 26.4 Å². The summed E-state index contributed by atoms with van der Waals surface area (Å²) in [6.07, 6.45) is 0. The minimum Gasteiger partial charge on any atom is -0.423 e. The zero-order valence-electron chi connectivity index (χ0n) is 11.8. The zero-order valence-corrected chi connectivity index (χ0v) is 11.8. The number of hydrogen-bond donors (Lipinski definition) is 4. The van der Waals surface area contributed by atoms with Gasteiger partial charge in [-0.25, -0.2) is 0 Å². The summed E-state index contributed by atoms with van der Waals surface area (Å²) in [5, 5.41) is 20.6. The van der Waals surface area contributed by atoms with Gasteiger partial charge in [0.1, 0.15) is 0 Å². The van der Waals surface area contributed by atoms with Gasteiger partial charge in [0, 0.05) is 18.7 Å². The van der Waals surface area contributed by atoms with E-state index in [1.165, 1.54) is 24.3 Å². The first-order valence-corrected chi connectivity index (χ1v) is 6.75.